The number of nitrogens with zero attached hydrogens (tertiary/aromatic N) is 1. The van der Waals surface area contributed by atoms with Gasteiger partial charge in [0.05, 0.1) is 6.61 Å². The highest BCUT2D eigenvalue weighted by Crippen LogP contribution is 2.51. The Hall–Kier alpha value is -2.86. The van der Waals surface area contributed by atoms with Crippen molar-refractivity contribution in [2.75, 3.05) is 6.61 Å². The molecular formula is C21H28FN3O7S. The molecule has 2 fully saturated rings. The summed E-state index contributed by atoms with van der Waals surface area (Å²) < 4.78 is 14.0. The number of fused-ring (bicyclic) bond motifs is 1. The van der Waals surface area contributed by atoms with E-state index in [0.717, 1.165) is 0 Å². The number of ether oxygens (including phenoxy) is 3. The van der Waals surface area contributed by atoms with Gasteiger partial charge in [0.25, 0.3) is 0 Å². The Kier molecular flexibility index (Phi) is 8.30. The summed E-state index contributed by atoms with van der Waals surface area (Å²) >= 11 is 1.38. The molecule has 33 heavy (non-hydrogen) atoms. The highest BCUT2D eigenvalue weighted by Gasteiger charge is 2.64. The Morgan fingerprint density at radius 3 is 2.45 bits per heavy atom. The van der Waals surface area contributed by atoms with E-state index >= 15 is 0 Å². The van der Waals surface area contributed by atoms with Crippen LogP contribution in [-0.4, -0.2) is 63.9 Å². The van der Waals surface area contributed by atoms with Gasteiger partial charge >= 0.3 is 12.1 Å². The molecule has 2 heterocycles. The molecule has 1 unspecified atom stereocenters. The topological polar surface area (TPSA) is 137 Å². The van der Waals surface area contributed by atoms with Gasteiger partial charge < -0.3 is 30.2 Å². The number of β-lactam (4-membered cyclic amide) rings is 1. The molecule has 12 heteroatoms. The van der Waals surface area contributed by atoms with Crippen molar-refractivity contribution >= 4 is 35.7 Å². The molecule has 0 bridgehead atoms. The second-order valence-electron chi connectivity index (χ2n) is 7.94. The normalized spacial score (nSPS) is 24.3. The van der Waals surface area contributed by atoms with Crippen LogP contribution >= 0.6 is 11.8 Å². The number of thioether (sulfide) groups is 1. The average Bonchev–Trinajstić information content (AvgIpc) is 2.99. The summed E-state index contributed by atoms with van der Waals surface area (Å²) in [6.45, 7) is 6.74. The minimum atomic E-state index is -1.18. The Bertz CT molecular complexity index is 901. The highest BCUT2D eigenvalue weighted by molar-refractivity contribution is 8.01. The number of nitrogens with one attached hydrogen (secondary N) is 1. The maximum Gasteiger partial charge on any atom is 0.511 e. The Morgan fingerprint density at radius 2 is 1.85 bits per heavy atom. The van der Waals surface area contributed by atoms with Crippen LogP contribution in [0.5, 0.6) is 0 Å². The molecule has 0 saturated carbocycles. The second-order valence-corrected chi connectivity index (χ2v) is 9.71. The molecule has 3 rings (SSSR count). The van der Waals surface area contributed by atoms with Crippen LogP contribution in [0.15, 0.2) is 30.3 Å². The van der Waals surface area contributed by atoms with Crippen molar-refractivity contribution in [3.05, 3.63) is 35.9 Å². The SMILES string of the molecule is CCOC(=O)OC(C)OC(=O)[C@@H]1N2C(=O)[C@@H](NC(=O)[C@H](N)c3ccccc3)[C@H]2SC1(C)C.F. The number of nitrogens with two attached hydrogens (primary N) is 1. The van der Waals surface area contributed by atoms with Crippen molar-refractivity contribution in [2.24, 2.45) is 5.73 Å². The van der Waals surface area contributed by atoms with Gasteiger partial charge in [-0.2, -0.15) is 0 Å². The van der Waals surface area contributed by atoms with Crippen molar-refractivity contribution in [3.8, 4) is 0 Å². The monoisotopic (exact) mass is 485 g/mol. The summed E-state index contributed by atoms with van der Waals surface area (Å²) in [4.78, 5) is 51.0. The minimum Gasteiger partial charge on any atom is -0.435 e. The molecule has 0 spiro atoms. The molecule has 1 aromatic rings. The molecule has 1 aromatic carbocycles. The molecule has 10 nitrogen and oxygen atoms in total. The summed E-state index contributed by atoms with van der Waals surface area (Å²) in [6, 6.07) is 6.21. The number of esters is 1. The van der Waals surface area contributed by atoms with E-state index in [1.165, 1.54) is 23.6 Å². The van der Waals surface area contributed by atoms with Crippen molar-refractivity contribution in [1.82, 2.24) is 10.2 Å². The predicted molar refractivity (Wildman–Crippen MR) is 118 cm³/mol. The van der Waals surface area contributed by atoms with E-state index in [0.29, 0.717) is 5.56 Å². The van der Waals surface area contributed by atoms with Gasteiger partial charge in [0.15, 0.2) is 0 Å². The summed E-state index contributed by atoms with van der Waals surface area (Å²) in [5, 5.41) is 2.26. The third kappa shape index (κ3) is 5.38. The van der Waals surface area contributed by atoms with Crippen LogP contribution < -0.4 is 11.1 Å². The fourth-order valence-corrected chi connectivity index (χ4v) is 5.34. The maximum atomic E-state index is 12.8. The van der Waals surface area contributed by atoms with Crippen LogP contribution in [0.3, 0.4) is 0 Å². The molecule has 2 saturated heterocycles. The Balaban J connectivity index is 0.00000385. The molecule has 2 amide bonds. The lowest BCUT2D eigenvalue weighted by molar-refractivity contribution is -0.180. The lowest BCUT2D eigenvalue weighted by Gasteiger charge is -2.44. The first kappa shape index (κ1) is 26.4. The van der Waals surface area contributed by atoms with Crippen LogP contribution in [0.2, 0.25) is 0 Å². The standard InChI is InChI=1S/C21H27N3O7S.FH/c1-5-29-20(28)31-11(2)30-19(27)15-21(3,4)32-18-14(17(26)24(15)18)23-16(25)13(22)12-9-7-6-8-10-12;/h6-11,13-15,18H,5,22H2,1-4H3,(H,23,25);1H/t11?,13-,14-,15+,18-;/m1./s1. The van der Waals surface area contributed by atoms with Gasteiger partial charge in [-0.25, -0.2) is 9.59 Å². The van der Waals surface area contributed by atoms with Gasteiger partial charge in [-0.3, -0.25) is 14.3 Å². The summed E-state index contributed by atoms with van der Waals surface area (Å²) in [6.07, 6.45) is -2.14. The van der Waals surface area contributed by atoms with Crippen LogP contribution in [0.4, 0.5) is 9.50 Å². The smallest absolute Gasteiger partial charge is 0.435 e. The molecule has 0 radical (unpaired) electrons. The van der Waals surface area contributed by atoms with Gasteiger partial charge in [-0.05, 0) is 26.3 Å². The van der Waals surface area contributed by atoms with Crippen molar-refractivity contribution < 1.29 is 38.1 Å². The number of carbonyl (C=O) groups excluding carboxylic acids is 4. The van der Waals surface area contributed by atoms with Gasteiger partial charge in [-0.1, -0.05) is 30.3 Å². The first-order chi connectivity index (χ1) is 15.1. The zero-order valence-corrected chi connectivity index (χ0v) is 19.5. The third-order valence-corrected chi connectivity index (χ3v) is 6.78. The number of benzene rings is 1. The molecule has 2 aliphatic heterocycles. The molecule has 0 aromatic heterocycles. The van der Waals surface area contributed by atoms with Gasteiger partial charge in [0.2, 0.25) is 18.1 Å². The summed E-state index contributed by atoms with van der Waals surface area (Å²) in [7, 11) is 0. The molecule has 3 N–H and O–H groups in total. The fraction of sp³-hybridized carbons (Fsp3) is 0.524. The van der Waals surface area contributed by atoms with Crippen molar-refractivity contribution in [1.29, 1.82) is 0 Å². The predicted octanol–water partition coefficient (Wildman–Crippen LogP) is 1.45. The van der Waals surface area contributed by atoms with Gasteiger partial charge in [-0.15, -0.1) is 11.8 Å². The van der Waals surface area contributed by atoms with Crippen molar-refractivity contribution in [2.45, 2.75) is 62.2 Å². The second kappa shape index (κ2) is 10.4. The molecule has 0 aliphatic carbocycles. The zero-order chi connectivity index (χ0) is 23.6. The van der Waals surface area contributed by atoms with E-state index in [2.05, 4.69) is 10.1 Å². The molecular weight excluding hydrogens is 457 g/mol. The molecule has 5 atom stereocenters. The summed E-state index contributed by atoms with van der Waals surface area (Å²) in [5.41, 5.74) is 6.65. The van der Waals surface area contributed by atoms with E-state index in [4.69, 9.17) is 15.2 Å². The summed E-state index contributed by atoms with van der Waals surface area (Å²) in [5.74, 6) is -1.58. The zero-order valence-electron chi connectivity index (χ0n) is 18.7. The van der Waals surface area contributed by atoms with Crippen LogP contribution in [0.25, 0.3) is 0 Å². The molecule has 2 aliphatic rings. The van der Waals surface area contributed by atoms with E-state index < -0.39 is 58.5 Å². The van der Waals surface area contributed by atoms with Gasteiger partial charge in [0, 0.05) is 11.7 Å². The lowest BCUT2D eigenvalue weighted by atomic mass is 9.95. The Morgan fingerprint density at radius 1 is 1.21 bits per heavy atom. The molecule has 182 valence electrons. The number of hydrogen-bond donors (Lipinski definition) is 2. The quantitative estimate of drug-likeness (QED) is 0.334. The van der Waals surface area contributed by atoms with Crippen LogP contribution in [-0.2, 0) is 28.6 Å². The van der Waals surface area contributed by atoms with E-state index in [-0.39, 0.29) is 11.3 Å². The van der Waals surface area contributed by atoms with Gasteiger partial charge in [0.1, 0.15) is 23.5 Å². The third-order valence-electron chi connectivity index (χ3n) is 5.21. The van der Waals surface area contributed by atoms with Crippen molar-refractivity contribution in [3.63, 3.8) is 0 Å². The van der Waals surface area contributed by atoms with E-state index in [9.17, 15) is 19.2 Å². The highest BCUT2D eigenvalue weighted by atomic mass is 32.2. The van der Waals surface area contributed by atoms with E-state index in [1.807, 2.05) is 6.07 Å². The first-order valence-corrected chi connectivity index (χ1v) is 11.1. The first-order valence-electron chi connectivity index (χ1n) is 10.2. The lowest BCUT2D eigenvalue weighted by Crippen LogP contribution is -2.71. The van der Waals surface area contributed by atoms with E-state index in [1.54, 1.807) is 45.0 Å². The minimum absolute atomic E-state index is 0. The number of hydrogen-bond acceptors (Lipinski definition) is 9. The van der Waals surface area contributed by atoms with Crippen LogP contribution in [0, 0.1) is 0 Å². The fourth-order valence-electron chi connectivity index (χ4n) is 3.72. The average molecular weight is 486 g/mol. The number of rotatable bonds is 7. The van der Waals surface area contributed by atoms with Crippen LogP contribution in [0.1, 0.15) is 39.3 Å². The number of halogens is 1. The number of carbonyl (C=O) groups is 4. The number of amides is 2. The largest absolute Gasteiger partial charge is 0.511 e. The Labute approximate surface area is 194 Å². The maximum absolute atomic E-state index is 12.8.